The molecule has 1 aromatic rings. The zero-order chi connectivity index (χ0) is 16.1. The van der Waals surface area contributed by atoms with Crippen LogP contribution in [0.2, 0.25) is 5.02 Å². The van der Waals surface area contributed by atoms with E-state index in [0.29, 0.717) is 17.1 Å². The van der Waals surface area contributed by atoms with Crippen molar-refractivity contribution in [3.05, 3.63) is 34.9 Å². The van der Waals surface area contributed by atoms with Crippen LogP contribution in [-0.4, -0.2) is 40.7 Å². The van der Waals surface area contributed by atoms with Gasteiger partial charge in [0.25, 0.3) is 0 Å². The summed E-state index contributed by atoms with van der Waals surface area (Å²) in [6.07, 6.45) is 2.84. The summed E-state index contributed by atoms with van der Waals surface area (Å²) in [6.45, 7) is 0.549. The van der Waals surface area contributed by atoms with E-state index in [4.69, 9.17) is 11.6 Å². The molecule has 22 heavy (non-hydrogen) atoms. The van der Waals surface area contributed by atoms with Gasteiger partial charge in [0.15, 0.2) is 0 Å². The van der Waals surface area contributed by atoms with Crippen molar-refractivity contribution in [2.24, 2.45) is 5.92 Å². The van der Waals surface area contributed by atoms with E-state index in [2.05, 4.69) is 0 Å². The maximum atomic E-state index is 12.2. The summed E-state index contributed by atoms with van der Waals surface area (Å²) in [7, 11) is 1.73. The molecule has 1 aliphatic rings. The number of hydrogen-bond donors (Lipinski definition) is 2. The number of halogens is 1. The second-order valence-electron chi connectivity index (χ2n) is 6.16. The van der Waals surface area contributed by atoms with Gasteiger partial charge in [-0.15, -0.1) is 0 Å². The van der Waals surface area contributed by atoms with Gasteiger partial charge in [0, 0.05) is 24.5 Å². The second-order valence-corrected chi connectivity index (χ2v) is 6.59. The molecule has 3 unspecified atom stereocenters. The highest BCUT2D eigenvalue weighted by atomic mass is 35.5. The van der Waals surface area contributed by atoms with Gasteiger partial charge in [-0.2, -0.15) is 0 Å². The van der Waals surface area contributed by atoms with E-state index in [1.807, 2.05) is 0 Å². The van der Waals surface area contributed by atoms with Gasteiger partial charge in [0.2, 0.25) is 5.91 Å². The van der Waals surface area contributed by atoms with Gasteiger partial charge < -0.3 is 15.1 Å². The van der Waals surface area contributed by atoms with Crippen molar-refractivity contribution in [3.8, 4) is 0 Å². The molecule has 1 amide bonds. The van der Waals surface area contributed by atoms with E-state index in [9.17, 15) is 15.0 Å². The molecule has 0 radical (unpaired) electrons. The van der Waals surface area contributed by atoms with Crippen molar-refractivity contribution < 1.29 is 15.0 Å². The standard InChI is InChI=1S/C17H24ClNO3/c1-19(11-13-4-2-3-5-15(13)20)17(22)10-16(21)12-6-8-14(18)9-7-12/h6-9,13,15-16,20-21H,2-5,10-11H2,1H3. The monoisotopic (exact) mass is 325 g/mol. The summed E-state index contributed by atoms with van der Waals surface area (Å²) in [6, 6.07) is 6.86. The molecule has 1 aromatic carbocycles. The van der Waals surface area contributed by atoms with Crippen LogP contribution in [0, 0.1) is 5.92 Å². The van der Waals surface area contributed by atoms with Crippen LogP contribution in [0.1, 0.15) is 43.8 Å². The average molecular weight is 326 g/mol. The molecule has 2 rings (SSSR count). The highest BCUT2D eigenvalue weighted by molar-refractivity contribution is 6.30. The Hall–Kier alpha value is -1.10. The Bertz CT molecular complexity index is 491. The fourth-order valence-corrected chi connectivity index (χ4v) is 3.10. The summed E-state index contributed by atoms with van der Waals surface area (Å²) >= 11 is 5.81. The van der Waals surface area contributed by atoms with Gasteiger partial charge in [-0.1, -0.05) is 36.6 Å². The van der Waals surface area contributed by atoms with Crippen LogP contribution in [0.15, 0.2) is 24.3 Å². The molecule has 0 aliphatic heterocycles. The molecule has 4 nitrogen and oxygen atoms in total. The quantitative estimate of drug-likeness (QED) is 0.875. The summed E-state index contributed by atoms with van der Waals surface area (Å²) < 4.78 is 0. The van der Waals surface area contributed by atoms with Gasteiger partial charge in [-0.05, 0) is 30.5 Å². The molecule has 1 aliphatic carbocycles. The van der Waals surface area contributed by atoms with E-state index in [0.717, 1.165) is 25.7 Å². The molecule has 0 saturated heterocycles. The first-order valence-electron chi connectivity index (χ1n) is 7.83. The zero-order valence-corrected chi connectivity index (χ0v) is 13.7. The van der Waals surface area contributed by atoms with E-state index in [-0.39, 0.29) is 24.3 Å². The molecule has 122 valence electrons. The van der Waals surface area contributed by atoms with E-state index >= 15 is 0 Å². The third kappa shape index (κ3) is 4.70. The first-order valence-corrected chi connectivity index (χ1v) is 8.20. The number of aliphatic hydroxyl groups excluding tert-OH is 2. The van der Waals surface area contributed by atoms with Crippen molar-refractivity contribution in [2.45, 2.75) is 44.3 Å². The smallest absolute Gasteiger partial charge is 0.225 e. The summed E-state index contributed by atoms with van der Waals surface area (Å²) in [5.41, 5.74) is 0.684. The molecule has 1 fully saturated rings. The van der Waals surface area contributed by atoms with Crippen LogP contribution < -0.4 is 0 Å². The van der Waals surface area contributed by atoms with Crippen molar-refractivity contribution in [1.29, 1.82) is 0 Å². The predicted molar refractivity (Wildman–Crippen MR) is 86.6 cm³/mol. The summed E-state index contributed by atoms with van der Waals surface area (Å²) in [5, 5.41) is 20.7. The zero-order valence-electron chi connectivity index (χ0n) is 12.9. The van der Waals surface area contributed by atoms with Crippen LogP contribution in [0.5, 0.6) is 0 Å². The van der Waals surface area contributed by atoms with Crippen LogP contribution in [0.25, 0.3) is 0 Å². The summed E-state index contributed by atoms with van der Waals surface area (Å²) in [5.74, 6) is 0.0376. The largest absolute Gasteiger partial charge is 0.393 e. The van der Waals surface area contributed by atoms with E-state index in [1.165, 1.54) is 0 Å². The number of benzene rings is 1. The fourth-order valence-electron chi connectivity index (χ4n) is 2.98. The SMILES string of the molecule is CN(CC1CCCCC1O)C(=O)CC(O)c1ccc(Cl)cc1. The average Bonchev–Trinajstić information content (AvgIpc) is 2.50. The Kier molecular flexibility index (Phi) is 6.24. The van der Waals surface area contributed by atoms with Crippen molar-refractivity contribution in [2.75, 3.05) is 13.6 Å². The maximum Gasteiger partial charge on any atom is 0.225 e. The lowest BCUT2D eigenvalue weighted by Crippen LogP contribution is -2.38. The van der Waals surface area contributed by atoms with Crippen molar-refractivity contribution >= 4 is 17.5 Å². The van der Waals surface area contributed by atoms with E-state index < -0.39 is 6.10 Å². The molecule has 0 bridgehead atoms. The minimum atomic E-state index is -0.830. The molecule has 2 N–H and O–H groups in total. The Labute approximate surface area is 136 Å². The van der Waals surface area contributed by atoms with Crippen molar-refractivity contribution in [3.63, 3.8) is 0 Å². The molecule has 1 saturated carbocycles. The number of rotatable bonds is 5. The Morgan fingerprint density at radius 3 is 2.59 bits per heavy atom. The number of carbonyl (C=O) groups excluding carboxylic acids is 1. The Balaban J connectivity index is 1.86. The maximum absolute atomic E-state index is 12.2. The molecule has 0 heterocycles. The predicted octanol–water partition coefficient (Wildman–Crippen LogP) is 2.77. The van der Waals surface area contributed by atoms with Crippen LogP contribution in [0.3, 0.4) is 0 Å². The minimum absolute atomic E-state index is 0.0426. The number of carbonyl (C=O) groups is 1. The number of hydrogen-bond acceptors (Lipinski definition) is 3. The first-order chi connectivity index (χ1) is 10.5. The van der Waals surface area contributed by atoms with Crippen molar-refractivity contribution in [1.82, 2.24) is 4.90 Å². The third-order valence-electron chi connectivity index (χ3n) is 4.43. The fraction of sp³-hybridized carbons (Fsp3) is 0.588. The topological polar surface area (TPSA) is 60.8 Å². The van der Waals surface area contributed by atoms with Gasteiger partial charge >= 0.3 is 0 Å². The minimum Gasteiger partial charge on any atom is -0.393 e. The third-order valence-corrected chi connectivity index (χ3v) is 4.68. The molecular weight excluding hydrogens is 302 g/mol. The molecular formula is C17H24ClNO3. The number of nitrogens with zero attached hydrogens (tertiary/aromatic N) is 1. The molecule has 5 heteroatoms. The number of aliphatic hydroxyl groups is 2. The number of amides is 1. The van der Waals surface area contributed by atoms with Gasteiger partial charge in [-0.3, -0.25) is 4.79 Å². The lowest BCUT2D eigenvalue weighted by Gasteiger charge is -2.31. The van der Waals surface area contributed by atoms with Gasteiger partial charge in [0.1, 0.15) is 0 Å². The van der Waals surface area contributed by atoms with Crippen LogP contribution in [-0.2, 0) is 4.79 Å². The molecule has 3 atom stereocenters. The highest BCUT2D eigenvalue weighted by Crippen LogP contribution is 2.26. The highest BCUT2D eigenvalue weighted by Gasteiger charge is 2.26. The first kappa shape index (κ1) is 17.3. The normalized spacial score (nSPS) is 23.1. The lowest BCUT2D eigenvalue weighted by molar-refractivity contribution is -0.133. The lowest BCUT2D eigenvalue weighted by atomic mass is 9.86. The Morgan fingerprint density at radius 1 is 1.32 bits per heavy atom. The Morgan fingerprint density at radius 2 is 1.95 bits per heavy atom. The molecule has 0 aromatic heterocycles. The van der Waals surface area contributed by atoms with Gasteiger partial charge in [-0.25, -0.2) is 0 Å². The molecule has 0 spiro atoms. The second kappa shape index (κ2) is 7.95. The van der Waals surface area contributed by atoms with Crippen LogP contribution >= 0.6 is 11.6 Å². The van der Waals surface area contributed by atoms with Gasteiger partial charge in [0.05, 0.1) is 18.6 Å². The van der Waals surface area contributed by atoms with Crippen LogP contribution in [0.4, 0.5) is 0 Å². The van der Waals surface area contributed by atoms with E-state index in [1.54, 1.807) is 36.2 Å². The summed E-state index contributed by atoms with van der Waals surface area (Å²) in [4.78, 5) is 13.9.